The molecule has 0 radical (unpaired) electrons. The van der Waals surface area contributed by atoms with Crippen LogP contribution < -0.4 is 28.3 Å². The van der Waals surface area contributed by atoms with Gasteiger partial charge in [-0.15, -0.1) is 0 Å². The molecule has 28 heavy (non-hydrogen) atoms. The number of hydrogen-bond donors (Lipinski definition) is 1. The summed E-state index contributed by atoms with van der Waals surface area (Å²) in [6, 6.07) is 8.86. The monoisotopic (exact) mass is 411 g/mol. The highest BCUT2D eigenvalue weighted by Crippen LogP contribution is 2.38. The molecule has 9 heteroatoms. The Hall–Kier alpha value is -2.65. The topological polar surface area (TPSA) is 106 Å². The third-order valence-corrected chi connectivity index (χ3v) is 4.35. The highest BCUT2D eigenvalue weighted by molar-refractivity contribution is 7.84. The zero-order valence-electron chi connectivity index (χ0n) is 16.4. The smallest absolute Gasteiger partial charge is 0.380 e. The van der Waals surface area contributed by atoms with Crippen molar-refractivity contribution in [2.75, 3.05) is 27.9 Å². The predicted molar refractivity (Wildman–Crippen MR) is 105 cm³/mol. The van der Waals surface area contributed by atoms with Gasteiger partial charge in [0.15, 0.2) is 23.0 Å². The van der Waals surface area contributed by atoms with Crippen LogP contribution in [0.5, 0.6) is 28.7 Å². The SMILES string of the molecule is CCOc1ccc(CCc2cc(OC)c(OC)c(OC)c2)cc1OS(N)(=O)=O. The van der Waals surface area contributed by atoms with E-state index >= 15 is 0 Å². The fourth-order valence-corrected chi connectivity index (χ4v) is 3.12. The summed E-state index contributed by atoms with van der Waals surface area (Å²) < 4.78 is 48.9. The van der Waals surface area contributed by atoms with Crippen molar-refractivity contribution >= 4 is 10.3 Å². The van der Waals surface area contributed by atoms with E-state index in [0.717, 1.165) is 11.1 Å². The molecule has 2 aromatic rings. The quantitative estimate of drug-likeness (QED) is 0.640. The summed E-state index contributed by atoms with van der Waals surface area (Å²) in [5.41, 5.74) is 1.83. The summed E-state index contributed by atoms with van der Waals surface area (Å²) in [6.45, 7) is 2.16. The van der Waals surface area contributed by atoms with E-state index in [2.05, 4.69) is 0 Å². The first kappa shape index (κ1) is 21.6. The number of aryl methyl sites for hydroxylation is 2. The molecule has 154 valence electrons. The molecule has 2 rings (SSSR count). The van der Waals surface area contributed by atoms with Crippen LogP contribution in [-0.4, -0.2) is 36.4 Å². The number of hydrogen-bond acceptors (Lipinski definition) is 7. The number of benzene rings is 2. The summed E-state index contributed by atoms with van der Waals surface area (Å²) in [4.78, 5) is 0. The van der Waals surface area contributed by atoms with E-state index in [1.165, 1.54) is 0 Å². The molecule has 0 saturated heterocycles. The molecule has 0 amide bonds. The zero-order valence-corrected chi connectivity index (χ0v) is 17.2. The standard InChI is InChI=1S/C19H25NO7S/c1-5-26-15-9-8-13(10-16(15)27-28(20,21)22)6-7-14-11-17(23-2)19(25-4)18(12-14)24-3/h8-12H,5-7H2,1-4H3,(H2,20,21,22). The van der Waals surface area contributed by atoms with Gasteiger partial charge in [0.2, 0.25) is 5.75 Å². The van der Waals surface area contributed by atoms with Crippen molar-refractivity contribution in [1.82, 2.24) is 0 Å². The van der Waals surface area contributed by atoms with Crippen LogP contribution in [0.4, 0.5) is 0 Å². The fraction of sp³-hybridized carbons (Fsp3) is 0.368. The van der Waals surface area contributed by atoms with E-state index in [4.69, 9.17) is 28.3 Å². The lowest BCUT2D eigenvalue weighted by Gasteiger charge is -2.14. The molecule has 0 spiro atoms. The molecular weight excluding hydrogens is 386 g/mol. The highest BCUT2D eigenvalue weighted by Gasteiger charge is 2.15. The van der Waals surface area contributed by atoms with Crippen molar-refractivity contribution in [1.29, 1.82) is 0 Å². The van der Waals surface area contributed by atoms with E-state index in [-0.39, 0.29) is 5.75 Å². The Morgan fingerprint density at radius 2 is 1.39 bits per heavy atom. The van der Waals surface area contributed by atoms with Crippen LogP contribution >= 0.6 is 0 Å². The molecule has 8 nitrogen and oxygen atoms in total. The van der Waals surface area contributed by atoms with Gasteiger partial charge in [-0.1, -0.05) is 6.07 Å². The van der Waals surface area contributed by atoms with Gasteiger partial charge in [0, 0.05) is 0 Å². The average molecular weight is 411 g/mol. The van der Waals surface area contributed by atoms with Gasteiger partial charge in [0.05, 0.1) is 27.9 Å². The summed E-state index contributed by atoms with van der Waals surface area (Å²) in [5, 5.41) is 4.99. The second-order valence-corrected chi connectivity index (χ2v) is 6.98. The molecular formula is C19H25NO7S. The second-order valence-electron chi connectivity index (χ2n) is 5.82. The first-order chi connectivity index (χ1) is 13.3. The predicted octanol–water partition coefficient (Wildman–Crippen LogP) is 2.48. The Labute approximate surface area is 165 Å². The van der Waals surface area contributed by atoms with E-state index in [9.17, 15) is 8.42 Å². The highest BCUT2D eigenvalue weighted by atomic mass is 32.2. The molecule has 0 saturated carbocycles. The van der Waals surface area contributed by atoms with Crippen LogP contribution in [0.1, 0.15) is 18.1 Å². The molecule has 0 aromatic heterocycles. The number of methoxy groups -OCH3 is 3. The second kappa shape index (κ2) is 9.52. The first-order valence-electron chi connectivity index (χ1n) is 8.58. The molecule has 0 aliphatic heterocycles. The van der Waals surface area contributed by atoms with Crippen LogP contribution in [0.2, 0.25) is 0 Å². The summed E-state index contributed by atoms with van der Waals surface area (Å²) in [6.07, 6.45) is 1.27. The van der Waals surface area contributed by atoms with Crippen molar-refractivity contribution in [3.05, 3.63) is 41.5 Å². The first-order valence-corrected chi connectivity index (χ1v) is 10.0. The van der Waals surface area contributed by atoms with Crippen molar-refractivity contribution in [2.24, 2.45) is 5.14 Å². The maximum absolute atomic E-state index is 11.3. The molecule has 0 bridgehead atoms. The van der Waals surface area contributed by atoms with Crippen LogP contribution in [0.15, 0.2) is 30.3 Å². The van der Waals surface area contributed by atoms with Gasteiger partial charge in [0.25, 0.3) is 0 Å². The van der Waals surface area contributed by atoms with Crippen LogP contribution in [0.25, 0.3) is 0 Å². The van der Waals surface area contributed by atoms with Crippen LogP contribution in [-0.2, 0) is 23.1 Å². The molecule has 0 fully saturated rings. The fourth-order valence-electron chi connectivity index (χ4n) is 2.74. The molecule has 0 unspecified atom stereocenters. The number of rotatable bonds is 10. The van der Waals surface area contributed by atoms with E-state index in [1.807, 2.05) is 18.2 Å². The Morgan fingerprint density at radius 3 is 1.89 bits per heavy atom. The largest absolute Gasteiger partial charge is 0.493 e. The van der Waals surface area contributed by atoms with Crippen LogP contribution in [0.3, 0.4) is 0 Å². The minimum atomic E-state index is -4.15. The summed E-state index contributed by atoms with van der Waals surface area (Å²) >= 11 is 0. The maximum Gasteiger partial charge on any atom is 0.380 e. The van der Waals surface area contributed by atoms with Crippen molar-refractivity contribution in [3.63, 3.8) is 0 Å². The van der Waals surface area contributed by atoms with Gasteiger partial charge in [-0.2, -0.15) is 13.6 Å². The van der Waals surface area contributed by atoms with Gasteiger partial charge in [-0.25, -0.2) is 0 Å². The molecule has 2 N–H and O–H groups in total. The molecule has 2 aromatic carbocycles. The summed E-state index contributed by atoms with van der Waals surface area (Å²) in [5.74, 6) is 2.04. The lowest BCUT2D eigenvalue weighted by atomic mass is 10.0. The van der Waals surface area contributed by atoms with E-state index in [1.54, 1.807) is 40.4 Å². The average Bonchev–Trinajstić information content (AvgIpc) is 2.66. The molecule has 0 aliphatic rings. The Kier molecular flexibility index (Phi) is 7.36. The van der Waals surface area contributed by atoms with E-state index in [0.29, 0.717) is 42.4 Å². The maximum atomic E-state index is 11.3. The van der Waals surface area contributed by atoms with Gasteiger partial charge >= 0.3 is 10.3 Å². The summed E-state index contributed by atoms with van der Waals surface area (Å²) in [7, 11) is 0.514. The lowest BCUT2D eigenvalue weighted by Crippen LogP contribution is -2.19. The Balaban J connectivity index is 2.25. The zero-order chi connectivity index (χ0) is 20.7. The van der Waals surface area contributed by atoms with Gasteiger partial charge in [0.1, 0.15) is 0 Å². The molecule has 0 atom stereocenters. The molecule has 0 aliphatic carbocycles. The van der Waals surface area contributed by atoms with Gasteiger partial charge in [-0.3, -0.25) is 0 Å². The van der Waals surface area contributed by atoms with Crippen LogP contribution in [0, 0.1) is 0 Å². The van der Waals surface area contributed by atoms with Crippen molar-refractivity contribution in [3.8, 4) is 28.7 Å². The Bertz CT molecular complexity index is 887. The lowest BCUT2D eigenvalue weighted by molar-refractivity contribution is 0.324. The van der Waals surface area contributed by atoms with Gasteiger partial charge < -0.3 is 23.1 Å². The normalized spacial score (nSPS) is 11.0. The number of nitrogens with two attached hydrogens (primary N) is 1. The minimum absolute atomic E-state index is 0.0618. The number of ether oxygens (including phenoxy) is 4. The van der Waals surface area contributed by atoms with Crippen molar-refractivity contribution < 1.29 is 31.5 Å². The van der Waals surface area contributed by atoms with E-state index < -0.39 is 10.3 Å². The third-order valence-electron chi connectivity index (χ3n) is 3.94. The van der Waals surface area contributed by atoms with Crippen molar-refractivity contribution in [2.45, 2.75) is 19.8 Å². The third kappa shape index (κ3) is 5.67. The Morgan fingerprint density at radius 1 is 0.821 bits per heavy atom. The van der Waals surface area contributed by atoms with Gasteiger partial charge in [-0.05, 0) is 55.2 Å². The minimum Gasteiger partial charge on any atom is -0.493 e. The molecule has 0 heterocycles.